The summed E-state index contributed by atoms with van der Waals surface area (Å²) in [7, 11) is 0. The molecule has 0 unspecified atom stereocenters. The van der Waals surface area contributed by atoms with Gasteiger partial charge < -0.3 is 10.0 Å². The Kier molecular flexibility index (Phi) is 5.93. The average molecular weight is 272 g/mol. The van der Waals surface area contributed by atoms with Crippen molar-refractivity contribution in [1.29, 1.82) is 0 Å². The highest BCUT2D eigenvalue weighted by atomic mass is 35.5. The molecular weight excluding hydrogens is 258 g/mol. The van der Waals surface area contributed by atoms with Gasteiger partial charge in [0.1, 0.15) is 5.75 Å². The molecule has 0 aliphatic heterocycles. The van der Waals surface area contributed by atoms with Gasteiger partial charge in [0.05, 0.1) is 5.29 Å². The van der Waals surface area contributed by atoms with Crippen LogP contribution in [0.4, 0.5) is 4.79 Å². The minimum absolute atomic E-state index is 0.194. The number of carbonyl (C=O) groups excluding carboxylic acids is 1. The van der Waals surface area contributed by atoms with E-state index < -0.39 is 6.03 Å². The van der Waals surface area contributed by atoms with Crippen LogP contribution in [0.15, 0.2) is 29.6 Å². The highest BCUT2D eigenvalue weighted by Gasteiger charge is 2.12. The summed E-state index contributed by atoms with van der Waals surface area (Å²) in [6.07, 6.45) is 0.601. The summed E-state index contributed by atoms with van der Waals surface area (Å²) in [5.74, 6) is 0.473. The van der Waals surface area contributed by atoms with Crippen LogP contribution in [0.2, 0.25) is 0 Å². The van der Waals surface area contributed by atoms with Crippen LogP contribution in [0, 0.1) is 4.91 Å². The number of carbonyl (C=O) groups is 1. The number of nitroso groups, excluding NO2 is 1. The summed E-state index contributed by atoms with van der Waals surface area (Å²) in [5, 5.41) is 11.5. The molecule has 0 spiro atoms. The lowest BCUT2D eigenvalue weighted by molar-refractivity contribution is 0.202. The molecule has 1 aromatic carbocycles. The minimum atomic E-state index is -0.565. The monoisotopic (exact) mass is 271 g/mol. The number of phenols is 1. The Labute approximate surface area is 109 Å². The van der Waals surface area contributed by atoms with Crippen LogP contribution >= 0.6 is 11.6 Å². The molecule has 0 aromatic heterocycles. The Morgan fingerprint density at radius 3 is 2.56 bits per heavy atom. The zero-order valence-corrected chi connectivity index (χ0v) is 10.4. The van der Waals surface area contributed by atoms with Gasteiger partial charge in [0, 0.05) is 19.0 Å². The van der Waals surface area contributed by atoms with Crippen molar-refractivity contribution < 1.29 is 9.90 Å². The van der Waals surface area contributed by atoms with Gasteiger partial charge in [0.25, 0.3) is 0 Å². The lowest BCUT2D eigenvalue weighted by Crippen LogP contribution is -2.40. The summed E-state index contributed by atoms with van der Waals surface area (Å²) in [6, 6.07) is 6.13. The van der Waals surface area contributed by atoms with Gasteiger partial charge in [-0.25, -0.2) is 4.79 Å². The molecule has 0 atom stereocenters. The van der Waals surface area contributed by atoms with E-state index in [2.05, 4.69) is 5.29 Å². The number of nitrogens with zero attached hydrogens (tertiary/aromatic N) is 2. The molecule has 1 aromatic rings. The van der Waals surface area contributed by atoms with Crippen molar-refractivity contribution in [3.8, 4) is 5.75 Å². The topological polar surface area (TPSA) is 82.0 Å². The maximum atomic E-state index is 11.4. The van der Waals surface area contributed by atoms with E-state index >= 15 is 0 Å². The second-order valence-electron chi connectivity index (χ2n) is 3.60. The first-order valence-corrected chi connectivity index (χ1v) is 5.92. The number of amides is 2. The molecular formula is C11H14ClN3O3. The number of hydrogen-bond donors (Lipinski definition) is 2. The van der Waals surface area contributed by atoms with Gasteiger partial charge in [-0.15, -0.1) is 16.5 Å². The first-order chi connectivity index (χ1) is 8.67. The van der Waals surface area contributed by atoms with Crippen LogP contribution in [0.5, 0.6) is 5.75 Å². The normalized spacial score (nSPS) is 9.83. The summed E-state index contributed by atoms with van der Waals surface area (Å²) in [5.41, 5.74) is 2.81. The zero-order chi connectivity index (χ0) is 13.4. The summed E-state index contributed by atoms with van der Waals surface area (Å²) in [4.78, 5) is 22.8. The van der Waals surface area contributed by atoms with E-state index in [-0.39, 0.29) is 11.6 Å². The van der Waals surface area contributed by atoms with Gasteiger partial charge in [0.15, 0.2) is 0 Å². The lowest BCUT2D eigenvalue weighted by atomic mass is 10.1. The van der Waals surface area contributed by atoms with Crippen molar-refractivity contribution in [3.05, 3.63) is 34.7 Å². The number of hydrogen-bond acceptors (Lipinski definition) is 4. The lowest BCUT2D eigenvalue weighted by Gasteiger charge is -2.19. The average Bonchev–Trinajstić information content (AvgIpc) is 2.36. The molecule has 0 saturated heterocycles. The molecule has 6 nitrogen and oxygen atoms in total. The SMILES string of the molecule is O=NNC(=O)N(CCCl)CCc1ccc(O)cc1. The molecule has 1 rings (SSSR count). The molecule has 2 N–H and O–H groups in total. The highest BCUT2D eigenvalue weighted by Crippen LogP contribution is 2.10. The maximum absolute atomic E-state index is 11.4. The number of rotatable bonds is 6. The second-order valence-corrected chi connectivity index (χ2v) is 3.98. The van der Waals surface area contributed by atoms with Crippen molar-refractivity contribution in [1.82, 2.24) is 10.3 Å². The predicted octanol–water partition coefficient (Wildman–Crippen LogP) is 1.87. The smallest absolute Gasteiger partial charge is 0.340 e. The standard InChI is InChI=1S/C11H14ClN3O3/c12-6-8-15(11(17)13-14-18)7-5-9-1-3-10(16)4-2-9/h1-4,16H,5-8H2,(H,13,17,18). The van der Waals surface area contributed by atoms with Crippen LogP contribution in [0.25, 0.3) is 0 Å². The highest BCUT2D eigenvalue weighted by molar-refractivity contribution is 6.18. The van der Waals surface area contributed by atoms with Crippen LogP contribution in [0.1, 0.15) is 5.56 Å². The predicted molar refractivity (Wildman–Crippen MR) is 68.4 cm³/mol. The second kappa shape index (κ2) is 7.50. The molecule has 18 heavy (non-hydrogen) atoms. The van der Waals surface area contributed by atoms with Crippen LogP contribution < -0.4 is 5.43 Å². The molecule has 0 fully saturated rings. The third kappa shape index (κ3) is 4.58. The number of halogens is 1. The van der Waals surface area contributed by atoms with E-state index in [1.807, 2.05) is 5.43 Å². The Bertz CT molecular complexity index is 397. The van der Waals surface area contributed by atoms with Crippen molar-refractivity contribution in [2.45, 2.75) is 6.42 Å². The van der Waals surface area contributed by atoms with Crippen LogP contribution in [-0.2, 0) is 6.42 Å². The number of phenolic OH excluding ortho intramolecular Hbond substituents is 1. The quantitative estimate of drug-likeness (QED) is 0.471. The van der Waals surface area contributed by atoms with Crippen LogP contribution in [0.3, 0.4) is 0 Å². The fourth-order valence-corrected chi connectivity index (χ4v) is 1.66. The Hall–Kier alpha value is -1.82. The molecule has 0 heterocycles. The number of alkyl halides is 1. The largest absolute Gasteiger partial charge is 0.508 e. The van der Waals surface area contributed by atoms with Crippen molar-refractivity contribution >= 4 is 17.6 Å². The van der Waals surface area contributed by atoms with E-state index in [9.17, 15) is 9.70 Å². The van der Waals surface area contributed by atoms with Crippen molar-refractivity contribution in [2.75, 3.05) is 19.0 Å². The van der Waals surface area contributed by atoms with E-state index in [1.54, 1.807) is 24.3 Å². The number of aromatic hydroxyl groups is 1. The summed E-state index contributed by atoms with van der Waals surface area (Å²) < 4.78 is 0. The molecule has 2 amide bonds. The van der Waals surface area contributed by atoms with E-state index in [1.165, 1.54) is 4.90 Å². The third-order valence-corrected chi connectivity index (χ3v) is 2.56. The van der Waals surface area contributed by atoms with Gasteiger partial charge in [0.2, 0.25) is 0 Å². The first-order valence-electron chi connectivity index (χ1n) is 5.38. The number of nitrogens with one attached hydrogen (secondary N) is 1. The molecule has 98 valence electrons. The van der Waals surface area contributed by atoms with Crippen molar-refractivity contribution in [2.24, 2.45) is 5.29 Å². The number of urea groups is 1. The fourth-order valence-electron chi connectivity index (χ4n) is 1.45. The molecule has 0 radical (unpaired) electrons. The molecule has 0 aliphatic rings. The molecule has 0 aliphatic carbocycles. The number of benzene rings is 1. The molecule has 7 heteroatoms. The van der Waals surface area contributed by atoms with Gasteiger partial charge in [-0.3, -0.25) is 0 Å². The van der Waals surface area contributed by atoms with Crippen LogP contribution in [-0.4, -0.2) is 35.0 Å². The van der Waals surface area contributed by atoms with Crippen molar-refractivity contribution in [3.63, 3.8) is 0 Å². The fraction of sp³-hybridized carbons (Fsp3) is 0.364. The molecule has 0 bridgehead atoms. The van der Waals surface area contributed by atoms with Gasteiger partial charge in [-0.1, -0.05) is 12.1 Å². The maximum Gasteiger partial charge on any atom is 0.340 e. The summed E-state index contributed by atoms with van der Waals surface area (Å²) in [6.45, 7) is 0.750. The zero-order valence-electron chi connectivity index (χ0n) is 9.67. The Morgan fingerprint density at radius 2 is 2.00 bits per heavy atom. The summed E-state index contributed by atoms with van der Waals surface area (Å²) >= 11 is 5.58. The molecule has 0 saturated carbocycles. The van der Waals surface area contributed by atoms with E-state index in [0.29, 0.717) is 19.5 Å². The van der Waals surface area contributed by atoms with E-state index in [4.69, 9.17) is 16.7 Å². The van der Waals surface area contributed by atoms with Gasteiger partial charge in [-0.05, 0) is 24.1 Å². The third-order valence-electron chi connectivity index (χ3n) is 2.39. The minimum Gasteiger partial charge on any atom is -0.508 e. The first kappa shape index (κ1) is 14.2. The van der Waals surface area contributed by atoms with E-state index in [0.717, 1.165) is 5.56 Å². The Balaban J connectivity index is 2.53. The van der Waals surface area contributed by atoms with Gasteiger partial charge >= 0.3 is 6.03 Å². The Morgan fingerprint density at radius 1 is 1.33 bits per heavy atom. The van der Waals surface area contributed by atoms with Gasteiger partial charge in [-0.2, -0.15) is 5.43 Å².